The molecule has 0 atom stereocenters. The fraction of sp³-hybridized carbons (Fsp3) is 0.136. The van der Waals surface area contributed by atoms with E-state index in [4.69, 9.17) is 11.6 Å². The third-order valence-corrected chi connectivity index (χ3v) is 6.34. The monoisotopic (exact) mass is 438 g/mol. The zero-order valence-corrected chi connectivity index (χ0v) is 18.2. The largest absolute Gasteiger partial charge is 0.315 e. The van der Waals surface area contributed by atoms with Crippen LogP contribution in [-0.4, -0.2) is 20.3 Å². The molecule has 0 fully saturated rings. The van der Waals surface area contributed by atoms with Gasteiger partial charge in [0.1, 0.15) is 15.6 Å². The van der Waals surface area contributed by atoms with E-state index in [-0.39, 0.29) is 17.2 Å². The second-order valence-corrected chi connectivity index (χ2v) is 8.27. The average Bonchev–Trinajstić information content (AvgIpc) is 3.22. The van der Waals surface area contributed by atoms with Gasteiger partial charge in [0, 0.05) is 17.6 Å². The van der Waals surface area contributed by atoms with Crippen LogP contribution in [0.4, 0.5) is 5.69 Å². The van der Waals surface area contributed by atoms with E-state index in [1.807, 2.05) is 42.5 Å². The first kappa shape index (κ1) is 20.1. The van der Waals surface area contributed by atoms with Crippen molar-refractivity contribution in [3.05, 3.63) is 86.2 Å². The van der Waals surface area contributed by atoms with Gasteiger partial charge in [0.2, 0.25) is 0 Å². The second kappa shape index (κ2) is 7.93. The molecule has 0 radical (unpaired) electrons. The van der Waals surface area contributed by atoms with Gasteiger partial charge in [0.15, 0.2) is 0 Å². The quantitative estimate of drug-likeness (QED) is 0.496. The maximum atomic E-state index is 13.0. The van der Waals surface area contributed by atoms with Crippen LogP contribution in [0, 0.1) is 13.8 Å². The lowest BCUT2D eigenvalue weighted by atomic mass is 10.2. The summed E-state index contributed by atoms with van der Waals surface area (Å²) in [5.74, 6) is -0.351. The summed E-state index contributed by atoms with van der Waals surface area (Å²) in [7, 11) is 1.79. The molecule has 4 rings (SSSR count). The highest BCUT2D eigenvalue weighted by molar-refractivity contribution is 7.17. The smallest absolute Gasteiger partial charge is 0.295 e. The third kappa shape index (κ3) is 3.58. The number of carbonyl (C=O) groups excluding carboxylic acids is 1. The molecule has 2 aromatic heterocycles. The molecule has 0 aliphatic carbocycles. The molecule has 8 heteroatoms. The number of rotatable bonds is 4. The van der Waals surface area contributed by atoms with Gasteiger partial charge in [-0.3, -0.25) is 14.3 Å². The van der Waals surface area contributed by atoms with Crippen LogP contribution in [0.3, 0.4) is 0 Å². The summed E-state index contributed by atoms with van der Waals surface area (Å²) < 4.78 is 3.26. The number of nitrogens with zero attached hydrogens (tertiary/aromatic N) is 3. The van der Waals surface area contributed by atoms with Crippen LogP contribution in [0.25, 0.3) is 16.3 Å². The number of hydrogen-bond acceptors (Lipinski definition) is 4. The Kier molecular flexibility index (Phi) is 5.32. The number of benzene rings is 2. The molecule has 1 amide bonds. The maximum absolute atomic E-state index is 13.0. The van der Waals surface area contributed by atoms with Crippen LogP contribution in [0.5, 0.6) is 0 Å². The van der Waals surface area contributed by atoms with Crippen LogP contribution in [-0.2, 0) is 7.05 Å². The van der Waals surface area contributed by atoms with Gasteiger partial charge in [-0.2, -0.15) is 0 Å². The number of thiazole rings is 1. The van der Waals surface area contributed by atoms with Gasteiger partial charge in [-0.15, -0.1) is 11.3 Å². The minimum absolute atomic E-state index is 0.257. The van der Waals surface area contributed by atoms with E-state index in [1.54, 1.807) is 37.7 Å². The maximum Gasteiger partial charge on any atom is 0.295 e. The number of nitrogens with one attached hydrogen (secondary N) is 1. The minimum Gasteiger partial charge on any atom is -0.315 e. The molecule has 6 nitrogen and oxygen atoms in total. The summed E-state index contributed by atoms with van der Waals surface area (Å²) in [6, 6.07) is 16.6. The average molecular weight is 439 g/mol. The van der Waals surface area contributed by atoms with Gasteiger partial charge in [-0.05, 0) is 38.1 Å². The fourth-order valence-electron chi connectivity index (χ4n) is 3.21. The van der Waals surface area contributed by atoms with Crippen molar-refractivity contribution in [3.8, 4) is 16.3 Å². The van der Waals surface area contributed by atoms with Crippen molar-refractivity contribution in [3.63, 3.8) is 0 Å². The molecule has 0 saturated carbocycles. The van der Waals surface area contributed by atoms with Crippen LogP contribution in [0.2, 0.25) is 5.02 Å². The standard InChI is InChI=1S/C22H19ClN4O2S/c1-13-19(30-21(24-13)15-9-11-16(23)12-10-15)20(28)25-18-14(2)26(3)27(22(18)29)17-7-5-4-6-8-17/h4-12H,1-3H3,(H,25,28). The summed E-state index contributed by atoms with van der Waals surface area (Å²) in [4.78, 5) is 31.0. The molecule has 0 unspecified atom stereocenters. The number of aromatic nitrogens is 3. The Labute approximate surface area is 182 Å². The van der Waals surface area contributed by atoms with Gasteiger partial charge in [-0.25, -0.2) is 9.67 Å². The number of halogens is 1. The van der Waals surface area contributed by atoms with E-state index in [0.29, 0.717) is 21.3 Å². The van der Waals surface area contributed by atoms with Crippen molar-refractivity contribution in [2.45, 2.75) is 13.8 Å². The highest BCUT2D eigenvalue weighted by Crippen LogP contribution is 2.29. The Bertz CT molecular complexity index is 1290. The van der Waals surface area contributed by atoms with Gasteiger partial charge in [0.25, 0.3) is 11.5 Å². The Hall–Kier alpha value is -3.16. The first-order chi connectivity index (χ1) is 14.4. The van der Waals surface area contributed by atoms with E-state index >= 15 is 0 Å². The SMILES string of the molecule is Cc1nc(-c2ccc(Cl)cc2)sc1C(=O)Nc1c(C)n(C)n(-c2ccccc2)c1=O. The number of hydrogen-bond donors (Lipinski definition) is 1. The lowest BCUT2D eigenvalue weighted by Gasteiger charge is -2.07. The summed E-state index contributed by atoms with van der Waals surface area (Å²) in [5.41, 5.74) is 2.86. The summed E-state index contributed by atoms with van der Waals surface area (Å²) in [5, 5.41) is 4.16. The van der Waals surface area contributed by atoms with Crippen LogP contribution in [0.1, 0.15) is 21.1 Å². The van der Waals surface area contributed by atoms with Gasteiger partial charge >= 0.3 is 0 Å². The highest BCUT2D eigenvalue weighted by Gasteiger charge is 2.22. The van der Waals surface area contributed by atoms with E-state index < -0.39 is 0 Å². The Morgan fingerprint density at radius 3 is 2.40 bits per heavy atom. The van der Waals surface area contributed by atoms with Gasteiger partial charge in [-0.1, -0.05) is 41.9 Å². The molecule has 0 aliphatic heterocycles. The molecule has 0 saturated heterocycles. The van der Waals surface area contributed by atoms with Crippen molar-refractivity contribution < 1.29 is 4.79 Å². The van der Waals surface area contributed by atoms with E-state index in [9.17, 15) is 9.59 Å². The van der Waals surface area contributed by atoms with E-state index in [2.05, 4.69) is 10.3 Å². The van der Waals surface area contributed by atoms with Crippen LogP contribution in [0.15, 0.2) is 59.4 Å². The molecule has 30 heavy (non-hydrogen) atoms. The topological polar surface area (TPSA) is 68.9 Å². The van der Waals surface area contributed by atoms with Crippen molar-refractivity contribution in [1.82, 2.24) is 14.3 Å². The molecular formula is C22H19ClN4O2S. The Balaban J connectivity index is 1.67. The normalized spacial score (nSPS) is 10.9. The fourth-order valence-corrected chi connectivity index (χ4v) is 4.30. The Morgan fingerprint density at radius 2 is 1.73 bits per heavy atom. The molecule has 2 heterocycles. The van der Waals surface area contributed by atoms with Crippen molar-refractivity contribution in [1.29, 1.82) is 0 Å². The van der Waals surface area contributed by atoms with E-state index in [1.165, 1.54) is 16.0 Å². The summed E-state index contributed by atoms with van der Waals surface area (Å²) in [6.45, 7) is 3.58. The summed E-state index contributed by atoms with van der Waals surface area (Å²) in [6.07, 6.45) is 0. The Morgan fingerprint density at radius 1 is 1.07 bits per heavy atom. The first-order valence-electron chi connectivity index (χ1n) is 9.25. The van der Waals surface area contributed by atoms with Crippen molar-refractivity contribution >= 4 is 34.5 Å². The lowest BCUT2D eigenvalue weighted by Crippen LogP contribution is -2.22. The number of anilines is 1. The molecule has 2 aromatic carbocycles. The van der Waals surface area contributed by atoms with Crippen LogP contribution >= 0.6 is 22.9 Å². The van der Waals surface area contributed by atoms with Gasteiger partial charge < -0.3 is 5.32 Å². The first-order valence-corrected chi connectivity index (χ1v) is 10.4. The predicted molar refractivity (Wildman–Crippen MR) is 121 cm³/mol. The van der Waals surface area contributed by atoms with Crippen molar-refractivity contribution in [2.24, 2.45) is 7.05 Å². The van der Waals surface area contributed by atoms with Gasteiger partial charge in [0.05, 0.1) is 17.1 Å². The number of aryl methyl sites for hydroxylation is 1. The zero-order chi connectivity index (χ0) is 21.4. The van der Waals surface area contributed by atoms with Crippen molar-refractivity contribution in [2.75, 3.05) is 5.32 Å². The molecule has 0 aliphatic rings. The van der Waals surface area contributed by atoms with E-state index in [0.717, 1.165) is 16.3 Å². The number of amides is 1. The predicted octanol–water partition coefficient (Wildman–Crippen LogP) is 4.82. The molecular weight excluding hydrogens is 420 g/mol. The minimum atomic E-state index is -0.351. The molecule has 0 spiro atoms. The molecule has 152 valence electrons. The highest BCUT2D eigenvalue weighted by atomic mass is 35.5. The summed E-state index contributed by atoms with van der Waals surface area (Å²) >= 11 is 7.23. The third-order valence-electron chi connectivity index (χ3n) is 4.89. The van der Waals surface area contributed by atoms with Crippen LogP contribution < -0.4 is 10.9 Å². The molecule has 0 bridgehead atoms. The number of carbonyl (C=O) groups is 1. The lowest BCUT2D eigenvalue weighted by molar-refractivity contribution is 0.102. The number of para-hydroxylation sites is 1. The molecule has 4 aromatic rings. The zero-order valence-electron chi connectivity index (χ0n) is 16.6. The second-order valence-electron chi connectivity index (χ2n) is 6.83. The molecule has 1 N–H and O–H groups in total.